The molecule has 0 aliphatic carbocycles. The molecule has 9 nitrogen and oxygen atoms in total. The third kappa shape index (κ3) is 2.89. The van der Waals surface area contributed by atoms with Gasteiger partial charge in [0.1, 0.15) is 17.8 Å². The molecular weight excluding hydrogens is 284 g/mol. The van der Waals surface area contributed by atoms with Gasteiger partial charge in [-0.1, -0.05) is 5.21 Å². The van der Waals surface area contributed by atoms with Crippen LogP contribution in [0.15, 0.2) is 18.7 Å². The Hall–Kier alpha value is -2.55. The summed E-state index contributed by atoms with van der Waals surface area (Å²) in [5.41, 5.74) is 1.58. The highest BCUT2D eigenvalue weighted by molar-refractivity contribution is 5.85. The van der Waals surface area contributed by atoms with Crippen molar-refractivity contribution in [3.8, 4) is 0 Å². The first-order valence-corrected chi connectivity index (χ1v) is 7.16. The van der Waals surface area contributed by atoms with E-state index in [4.69, 9.17) is 5.11 Å². The van der Waals surface area contributed by atoms with Gasteiger partial charge in [-0.15, -0.1) is 5.10 Å². The molecule has 0 amide bonds. The van der Waals surface area contributed by atoms with Crippen LogP contribution in [-0.2, 0) is 13.1 Å². The van der Waals surface area contributed by atoms with E-state index in [0.29, 0.717) is 6.54 Å². The van der Waals surface area contributed by atoms with Crippen LogP contribution in [0.4, 0.5) is 5.82 Å². The van der Waals surface area contributed by atoms with Crippen molar-refractivity contribution in [2.45, 2.75) is 25.9 Å². The van der Waals surface area contributed by atoms with Gasteiger partial charge < -0.3 is 10.4 Å². The van der Waals surface area contributed by atoms with E-state index in [1.807, 2.05) is 13.2 Å². The maximum Gasteiger partial charge on any atom is 0.163 e. The molecule has 0 saturated carbocycles. The van der Waals surface area contributed by atoms with Crippen LogP contribution in [0.5, 0.6) is 0 Å². The first-order valence-electron chi connectivity index (χ1n) is 7.16. The van der Waals surface area contributed by atoms with Gasteiger partial charge in [-0.3, -0.25) is 4.68 Å². The van der Waals surface area contributed by atoms with Crippen molar-refractivity contribution in [3.05, 3.63) is 24.4 Å². The van der Waals surface area contributed by atoms with Crippen molar-refractivity contribution in [1.82, 2.24) is 34.7 Å². The van der Waals surface area contributed by atoms with Gasteiger partial charge in [0.05, 0.1) is 24.3 Å². The number of anilines is 1. The Bertz CT molecular complexity index is 749. The highest BCUT2D eigenvalue weighted by Gasteiger charge is 2.10. The lowest BCUT2D eigenvalue weighted by Gasteiger charge is -2.01. The Morgan fingerprint density at radius 3 is 3.00 bits per heavy atom. The molecule has 3 heterocycles. The Kier molecular flexibility index (Phi) is 4.24. The van der Waals surface area contributed by atoms with Gasteiger partial charge in [0.25, 0.3) is 0 Å². The predicted octanol–water partition coefficient (Wildman–Crippen LogP) is 0.280. The van der Waals surface area contributed by atoms with Crippen molar-refractivity contribution in [2.24, 2.45) is 0 Å². The van der Waals surface area contributed by atoms with Gasteiger partial charge in [-0.25, -0.2) is 14.6 Å². The zero-order chi connectivity index (χ0) is 15.4. The fourth-order valence-electron chi connectivity index (χ4n) is 2.27. The average molecular weight is 302 g/mol. The molecule has 0 fully saturated rings. The lowest BCUT2D eigenvalue weighted by Crippen LogP contribution is -2.04. The number of aliphatic hydroxyl groups excluding tert-OH is 1. The molecule has 3 aromatic heterocycles. The Morgan fingerprint density at radius 1 is 1.27 bits per heavy atom. The van der Waals surface area contributed by atoms with Gasteiger partial charge in [-0.2, -0.15) is 5.10 Å². The third-order valence-corrected chi connectivity index (χ3v) is 3.36. The Morgan fingerprint density at radius 2 is 2.18 bits per heavy atom. The molecule has 0 saturated heterocycles. The highest BCUT2D eigenvalue weighted by Crippen LogP contribution is 2.18. The molecule has 0 aliphatic rings. The van der Waals surface area contributed by atoms with Crippen LogP contribution < -0.4 is 5.32 Å². The van der Waals surface area contributed by atoms with Crippen LogP contribution >= 0.6 is 0 Å². The predicted molar refractivity (Wildman–Crippen MR) is 80.3 cm³/mol. The summed E-state index contributed by atoms with van der Waals surface area (Å²) in [4.78, 5) is 8.44. The van der Waals surface area contributed by atoms with Gasteiger partial charge >= 0.3 is 0 Å². The Labute approximate surface area is 127 Å². The molecule has 22 heavy (non-hydrogen) atoms. The maximum absolute atomic E-state index is 8.79. The second-order valence-corrected chi connectivity index (χ2v) is 4.92. The van der Waals surface area contributed by atoms with E-state index in [0.717, 1.165) is 41.9 Å². The number of hydrogen-bond donors (Lipinski definition) is 2. The van der Waals surface area contributed by atoms with Crippen molar-refractivity contribution < 1.29 is 5.11 Å². The molecule has 0 aromatic carbocycles. The number of fused-ring (bicyclic) bond motifs is 1. The molecule has 0 aliphatic heterocycles. The average Bonchev–Trinajstić information content (AvgIpc) is 3.15. The summed E-state index contributed by atoms with van der Waals surface area (Å²) >= 11 is 0. The lowest BCUT2D eigenvalue weighted by atomic mass is 10.3. The van der Waals surface area contributed by atoms with Gasteiger partial charge in [0.2, 0.25) is 0 Å². The minimum absolute atomic E-state index is 0.203. The Balaban J connectivity index is 1.76. The first-order chi connectivity index (χ1) is 10.8. The molecule has 116 valence electrons. The van der Waals surface area contributed by atoms with Gasteiger partial charge in [0, 0.05) is 20.2 Å². The van der Waals surface area contributed by atoms with E-state index < -0.39 is 0 Å². The zero-order valence-electron chi connectivity index (χ0n) is 12.3. The first kappa shape index (κ1) is 14.4. The molecule has 2 N–H and O–H groups in total. The summed E-state index contributed by atoms with van der Waals surface area (Å²) in [5.74, 6) is 0.754. The number of rotatable bonds is 7. The van der Waals surface area contributed by atoms with Crippen LogP contribution in [0.2, 0.25) is 0 Å². The fourth-order valence-corrected chi connectivity index (χ4v) is 2.27. The van der Waals surface area contributed by atoms with E-state index in [9.17, 15) is 0 Å². The number of aromatic nitrogens is 7. The quantitative estimate of drug-likeness (QED) is 0.604. The molecule has 0 bridgehead atoms. The summed E-state index contributed by atoms with van der Waals surface area (Å²) in [7, 11) is 1.82. The normalized spacial score (nSPS) is 11.2. The van der Waals surface area contributed by atoms with E-state index in [1.54, 1.807) is 15.6 Å². The molecular formula is C13H18N8O. The monoisotopic (exact) mass is 302 g/mol. The smallest absolute Gasteiger partial charge is 0.163 e. The zero-order valence-corrected chi connectivity index (χ0v) is 12.3. The summed E-state index contributed by atoms with van der Waals surface area (Å²) in [6, 6.07) is 0. The van der Waals surface area contributed by atoms with Crippen molar-refractivity contribution >= 4 is 16.9 Å². The van der Waals surface area contributed by atoms with Crippen LogP contribution in [0.1, 0.15) is 18.5 Å². The number of aryl methyl sites for hydroxylation is 1. The SMILES string of the molecule is CNc1ncnc2c1cnn2Cc1cn(CCCCO)nn1. The summed E-state index contributed by atoms with van der Waals surface area (Å²) in [6.45, 7) is 1.46. The lowest BCUT2D eigenvalue weighted by molar-refractivity contribution is 0.280. The molecule has 9 heteroatoms. The molecule has 3 rings (SSSR count). The van der Waals surface area contributed by atoms with E-state index in [-0.39, 0.29) is 6.61 Å². The second kappa shape index (κ2) is 6.48. The second-order valence-electron chi connectivity index (χ2n) is 4.92. The minimum atomic E-state index is 0.203. The minimum Gasteiger partial charge on any atom is -0.396 e. The standard InChI is InChI=1S/C13H18N8O/c1-14-12-11-6-17-21(13(11)16-9-15-12)8-10-7-20(19-18-10)4-2-3-5-22/h6-7,9,22H,2-5,8H2,1H3,(H,14,15,16). The van der Waals surface area contributed by atoms with Crippen molar-refractivity contribution in [3.63, 3.8) is 0 Å². The van der Waals surface area contributed by atoms with Crippen LogP contribution in [-0.4, -0.2) is 53.5 Å². The van der Waals surface area contributed by atoms with Crippen molar-refractivity contribution in [1.29, 1.82) is 0 Å². The number of aliphatic hydroxyl groups is 1. The fraction of sp³-hybridized carbons (Fsp3) is 0.462. The van der Waals surface area contributed by atoms with Gasteiger partial charge in [0.15, 0.2) is 5.65 Å². The van der Waals surface area contributed by atoms with E-state index in [1.165, 1.54) is 6.33 Å². The number of unbranched alkanes of at least 4 members (excludes halogenated alkanes) is 1. The maximum atomic E-state index is 8.79. The number of hydrogen-bond acceptors (Lipinski definition) is 7. The number of nitrogens with zero attached hydrogens (tertiary/aromatic N) is 7. The topological polar surface area (TPSA) is 107 Å². The van der Waals surface area contributed by atoms with Crippen LogP contribution in [0, 0.1) is 0 Å². The molecule has 0 spiro atoms. The third-order valence-electron chi connectivity index (χ3n) is 3.36. The van der Waals surface area contributed by atoms with Crippen molar-refractivity contribution in [2.75, 3.05) is 19.0 Å². The summed E-state index contributed by atoms with van der Waals surface area (Å²) < 4.78 is 3.56. The summed E-state index contributed by atoms with van der Waals surface area (Å²) in [5, 5.41) is 25.3. The van der Waals surface area contributed by atoms with Crippen LogP contribution in [0.25, 0.3) is 11.0 Å². The molecule has 0 atom stereocenters. The van der Waals surface area contributed by atoms with Crippen LogP contribution in [0.3, 0.4) is 0 Å². The van der Waals surface area contributed by atoms with E-state index in [2.05, 4.69) is 30.7 Å². The van der Waals surface area contributed by atoms with Gasteiger partial charge in [-0.05, 0) is 12.8 Å². The number of nitrogens with one attached hydrogen (secondary N) is 1. The van der Waals surface area contributed by atoms with E-state index >= 15 is 0 Å². The largest absolute Gasteiger partial charge is 0.396 e. The highest BCUT2D eigenvalue weighted by atomic mass is 16.2. The molecule has 0 unspecified atom stereocenters. The molecule has 0 radical (unpaired) electrons. The molecule has 3 aromatic rings. The summed E-state index contributed by atoms with van der Waals surface area (Å²) in [6.07, 6.45) is 6.79.